The van der Waals surface area contributed by atoms with Crippen LogP contribution in [0.4, 0.5) is 0 Å². The number of ether oxygens (including phenoxy) is 1. The SMILES string of the molecule is O=C([C@@H](Sc1n[nH]c(-c2ccccc2)n1)c1ccccc1)N1CCOCC1. The van der Waals surface area contributed by atoms with Crippen LogP contribution in [0.1, 0.15) is 10.8 Å². The lowest BCUT2D eigenvalue weighted by atomic mass is 10.1. The number of hydrogen-bond donors (Lipinski definition) is 1. The number of amides is 1. The minimum Gasteiger partial charge on any atom is -0.378 e. The van der Waals surface area contributed by atoms with E-state index in [1.165, 1.54) is 11.8 Å². The molecule has 1 aliphatic rings. The van der Waals surface area contributed by atoms with Crippen LogP contribution in [0.3, 0.4) is 0 Å². The molecule has 3 aromatic rings. The number of nitrogens with zero attached hydrogens (tertiary/aromatic N) is 3. The van der Waals surface area contributed by atoms with Gasteiger partial charge in [0.05, 0.1) is 13.2 Å². The number of benzene rings is 2. The third-order valence-electron chi connectivity index (χ3n) is 4.38. The zero-order valence-corrected chi connectivity index (χ0v) is 15.6. The van der Waals surface area contributed by atoms with E-state index in [0.717, 1.165) is 11.1 Å². The Morgan fingerprint density at radius 1 is 1.04 bits per heavy atom. The summed E-state index contributed by atoms with van der Waals surface area (Å²) in [4.78, 5) is 19.6. The fourth-order valence-electron chi connectivity index (χ4n) is 2.97. The summed E-state index contributed by atoms with van der Waals surface area (Å²) in [7, 11) is 0. The first-order chi connectivity index (χ1) is 13.3. The van der Waals surface area contributed by atoms with Gasteiger partial charge in [0.1, 0.15) is 5.25 Å². The van der Waals surface area contributed by atoms with E-state index in [1.807, 2.05) is 65.6 Å². The lowest BCUT2D eigenvalue weighted by Crippen LogP contribution is -2.42. The topological polar surface area (TPSA) is 71.1 Å². The molecule has 0 bridgehead atoms. The van der Waals surface area contributed by atoms with Crippen molar-refractivity contribution in [3.8, 4) is 11.4 Å². The molecule has 0 unspecified atom stereocenters. The Hall–Kier alpha value is -2.64. The number of carbonyl (C=O) groups is 1. The summed E-state index contributed by atoms with van der Waals surface area (Å²) in [6.45, 7) is 2.39. The quantitative estimate of drug-likeness (QED) is 0.689. The van der Waals surface area contributed by atoms with Crippen LogP contribution < -0.4 is 0 Å². The summed E-state index contributed by atoms with van der Waals surface area (Å²) in [6.07, 6.45) is 0. The Morgan fingerprint density at radius 2 is 1.70 bits per heavy atom. The number of H-pyrrole nitrogens is 1. The standard InChI is InChI=1S/C20H20N4O2S/c25-19(24-11-13-26-14-12-24)17(15-7-3-1-4-8-15)27-20-21-18(22-23-20)16-9-5-2-6-10-16/h1-10,17H,11-14H2,(H,21,22,23)/t17-/m0/s1. The highest BCUT2D eigenvalue weighted by molar-refractivity contribution is 8.00. The van der Waals surface area contributed by atoms with E-state index >= 15 is 0 Å². The van der Waals surface area contributed by atoms with E-state index in [-0.39, 0.29) is 11.2 Å². The number of aromatic nitrogens is 3. The molecule has 0 spiro atoms. The molecular weight excluding hydrogens is 360 g/mol. The van der Waals surface area contributed by atoms with Crippen LogP contribution in [0.25, 0.3) is 11.4 Å². The van der Waals surface area contributed by atoms with Gasteiger partial charge < -0.3 is 9.64 Å². The minimum absolute atomic E-state index is 0.0700. The van der Waals surface area contributed by atoms with Crippen molar-refractivity contribution >= 4 is 17.7 Å². The summed E-state index contributed by atoms with van der Waals surface area (Å²) in [5.74, 6) is 0.768. The van der Waals surface area contributed by atoms with Gasteiger partial charge in [0.15, 0.2) is 5.82 Å². The van der Waals surface area contributed by atoms with Crippen molar-refractivity contribution in [3.63, 3.8) is 0 Å². The van der Waals surface area contributed by atoms with Crippen molar-refractivity contribution in [2.45, 2.75) is 10.4 Å². The first-order valence-electron chi connectivity index (χ1n) is 8.87. The van der Waals surface area contributed by atoms with Gasteiger partial charge in [-0.2, -0.15) is 0 Å². The Bertz CT molecular complexity index is 879. The number of thioether (sulfide) groups is 1. The molecule has 2 heterocycles. The third-order valence-corrected chi connectivity index (χ3v) is 5.49. The van der Waals surface area contributed by atoms with Crippen LogP contribution in [-0.4, -0.2) is 52.3 Å². The number of carbonyl (C=O) groups excluding carboxylic acids is 1. The summed E-state index contributed by atoms with van der Waals surface area (Å²) in [5.41, 5.74) is 1.91. The maximum atomic E-state index is 13.2. The molecule has 7 heteroatoms. The fraction of sp³-hybridized carbons (Fsp3) is 0.250. The molecule has 0 saturated carbocycles. The normalized spacial score (nSPS) is 15.5. The molecule has 1 aliphatic heterocycles. The molecule has 1 aromatic heterocycles. The maximum absolute atomic E-state index is 13.2. The number of morpholine rings is 1. The van der Waals surface area contributed by atoms with Crippen LogP contribution >= 0.6 is 11.8 Å². The smallest absolute Gasteiger partial charge is 0.240 e. The highest BCUT2D eigenvalue weighted by Crippen LogP contribution is 2.35. The first kappa shape index (κ1) is 17.8. The molecule has 138 valence electrons. The average Bonchev–Trinajstić information content (AvgIpc) is 3.22. The highest BCUT2D eigenvalue weighted by atomic mass is 32.2. The lowest BCUT2D eigenvalue weighted by molar-refractivity contribution is -0.134. The highest BCUT2D eigenvalue weighted by Gasteiger charge is 2.29. The van der Waals surface area contributed by atoms with Gasteiger partial charge in [-0.05, 0) is 5.56 Å². The summed E-state index contributed by atoms with van der Waals surface area (Å²) < 4.78 is 5.38. The molecule has 0 aliphatic carbocycles. The molecule has 1 saturated heterocycles. The molecule has 6 nitrogen and oxygen atoms in total. The zero-order chi connectivity index (χ0) is 18.5. The van der Waals surface area contributed by atoms with E-state index in [2.05, 4.69) is 15.2 Å². The van der Waals surface area contributed by atoms with Gasteiger partial charge in [-0.15, -0.1) is 5.10 Å². The number of hydrogen-bond acceptors (Lipinski definition) is 5. The third kappa shape index (κ3) is 4.20. The van der Waals surface area contributed by atoms with Crippen molar-refractivity contribution in [1.29, 1.82) is 0 Å². The van der Waals surface area contributed by atoms with Crippen molar-refractivity contribution in [2.24, 2.45) is 0 Å². The zero-order valence-electron chi connectivity index (χ0n) is 14.7. The van der Waals surface area contributed by atoms with E-state index in [1.54, 1.807) is 0 Å². The van der Waals surface area contributed by atoms with Crippen LogP contribution in [0, 0.1) is 0 Å². The fourth-order valence-corrected chi connectivity index (χ4v) is 3.96. The molecule has 1 atom stereocenters. The van der Waals surface area contributed by atoms with Crippen LogP contribution in [0.5, 0.6) is 0 Å². The second-order valence-electron chi connectivity index (χ2n) is 6.18. The summed E-state index contributed by atoms with van der Waals surface area (Å²) >= 11 is 1.37. The Kier molecular flexibility index (Phi) is 5.50. The molecule has 1 N–H and O–H groups in total. The predicted molar refractivity (Wildman–Crippen MR) is 104 cm³/mol. The van der Waals surface area contributed by atoms with E-state index < -0.39 is 0 Å². The maximum Gasteiger partial charge on any atom is 0.240 e. The number of rotatable bonds is 5. The van der Waals surface area contributed by atoms with E-state index in [0.29, 0.717) is 37.3 Å². The Balaban J connectivity index is 1.58. The molecule has 2 aromatic carbocycles. The van der Waals surface area contributed by atoms with Crippen molar-refractivity contribution in [3.05, 3.63) is 66.2 Å². The minimum atomic E-state index is -0.385. The van der Waals surface area contributed by atoms with Gasteiger partial charge in [0, 0.05) is 18.7 Å². The van der Waals surface area contributed by atoms with Gasteiger partial charge in [-0.1, -0.05) is 72.4 Å². The lowest BCUT2D eigenvalue weighted by Gasteiger charge is -2.30. The summed E-state index contributed by atoms with van der Waals surface area (Å²) in [5, 5.41) is 7.46. The molecular formula is C20H20N4O2S. The number of nitrogens with one attached hydrogen (secondary N) is 1. The second-order valence-corrected chi connectivity index (χ2v) is 7.25. The molecule has 4 rings (SSSR count). The van der Waals surface area contributed by atoms with Crippen LogP contribution in [0.2, 0.25) is 0 Å². The Morgan fingerprint density at radius 3 is 2.41 bits per heavy atom. The van der Waals surface area contributed by atoms with Crippen LogP contribution in [-0.2, 0) is 9.53 Å². The first-order valence-corrected chi connectivity index (χ1v) is 9.75. The molecule has 1 amide bonds. The second kappa shape index (κ2) is 8.37. The van der Waals surface area contributed by atoms with Crippen molar-refractivity contribution in [1.82, 2.24) is 20.1 Å². The van der Waals surface area contributed by atoms with Gasteiger partial charge in [-0.3, -0.25) is 9.89 Å². The Labute approximate surface area is 162 Å². The van der Waals surface area contributed by atoms with Gasteiger partial charge in [0.2, 0.25) is 11.1 Å². The molecule has 1 fully saturated rings. The van der Waals surface area contributed by atoms with Gasteiger partial charge >= 0.3 is 0 Å². The predicted octanol–water partition coefficient (Wildman–Crippen LogP) is 3.16. The van der Waals surface area contributed by atoms with Crippen molar-refractivity contribution < 1.29 is 9.53 Å². The van der Waals surface area contributed by atoms with Crippen LogP contribution in [0.15, 0.2) is 65.8 Å². The van der Waals surface area contributed by atoms with Gasteiger partial charge in [0.25, 0.3) is 0 Å². The molecule has 27 heavy (non-hydrogen) atoms. The van der Waals surface area contributed by atoms with Gasteiger partial charge in [-0.25, -0.2) is 4.98 Å². The van der Waals surface area contributed by atoms with E-state index in [9.17, 15) is 4.79 Å². The van der Waals surface area contributed by atoms with E-state index in [4.69, 9.17) is 4.74 Å². The molecule has 0 radical (unpaired) electrons. The number of aromatic amines is 1. The largest absolute Gasteiger partial charge is 0.378 e. The van der Waals surface area contributed by atoms with Crippen molar-refractivity contribution in [2.75, 3.05) is 26.3 Å². The monoisotopic (exact) mass is 380 g/mol. The average molecular weight is 380 g/mol. The summed E-state index contributed by atoms with van der Waals surface area (Å²) in [6, 6.07) is 19.6.